The van der Waals surface area contributed by atoms with Gasteiger partial charge in [-0.3, -0.25) is 4.79 Å². The number of ether oxygens (including phenoxy) is 1. The molecule has 4 N–H and O–H groups in total. The first kappa shape index (κ1) is 16.9. The van der Waals surface area contributed by atoms with Crippen molar-refractivity contribution < 1.29 is 30.0 Å². The number of amides is 1. The molecule has 1 aliphatic rings. The average Bonchev–Trinajstić information content (AvgIpc) is 2.50. The Morgan fingerprint density at radius 1 is 1.18 bits per heavy atom. The van der Waals surface area contributed by atoms with Gasteiger partial charge in [0.1, 0.15) is 24.4 Å². The van der Waals surface area contributed by atoms with Gasteiger partial charge in [-0.05, 0) is 5.56 Å². The Hall–Kier alpha value is -1.51. The van der Waals surface area contributed by atoms with Gasteiger partial charge in [-0.2, -0.15) is 0 Å². The second-order valence-electron chi connectivity index (χ2n) is 5.35. The summed E-state index contributed by atoms with van der Waals surface area (Å²) in [5.74, 6) is -0.370. The molecule has 1 heterocycles. The zero-order valence-corrected chi connectivity index (χ0v) is 12.2. The molecule has 122 valence electrons. The highest BCUT2D eigenvalue weighted by molar-refractivity contribution is 5.73. The maximum absolute atomic E-state index is 11.9. The normalized spacial score (nSPS) is 31.8. The van der Waals surface area contributed by atoms with Crippen LogP contribution in [-0.4, -0.2) is 68.5 Å². The third-order valence-corrected chi connectivity index (χ3v) is 3.83. The summed E-state index contributed by atoms with van der Waals surface area (Å²) in [5.41, 5.74) is 0.816. The second-order valence-corrected chi connectivity index (χ2v) is 5.35. The van der Waals surface area contributed by atoms with Gasteiger partial charge in [0.25, 0.3) is 0 Å². The standard InChI is InChI=1S/C15H21NO6/c1-9(18)16(7-10-5-3-2-4-6-10)12-14(20)13(19)11(8-17)22-15(12)21/h2-6,11-15,17,19-21H,7-8H2,1H3/t11-,12-,13+,14-,15+/m1/s1. The summed E-state index contributed by atoms with van der Waals surface area (Å²) < 4.78 is 5.10. The van der Waals surface area contributed by atoms with E-state index in [1.165, 1.54) is 11.8 Å². The summed E-state index contributed by atoms with van der Waals surface area (Å²) in [7, 11) is 0. The first-order chi connectivity index (χ1) is 10.5. The van der Waals surface area contributed by atoms with E-state index in [1.807, 2.05) is 30.3 Å². The molecular weight excluding hydrogens is 290 g/mol. The van der Waals surface area contributed by atoms with Crippen LogP contribution in [0.2, 0.25) is 0 Å². The highest BCUT2D eigenvalue weighted by Gasteiger charge is 2.47. The van der Waals surface area contributed by atoms with Crippen molar-refractivity contribution in [2.45, 2.75) is 44.1 Å². The molecule has 0 radical (unpaired) electrons. The van der Waals surface area contributed by atoms with Crippen LogP contribution in [-0.2, 0) is 16.1 Å². The lowest BCUT2D eigenvalue weighted by molar-refractivity contribution is -0.271. The van der Waals surface area contributed by atoms with Crippen LogP contribution in [0, 0.1) is 0 Å². The second kappa shape index (κ2) is 7.17. The average molecular weight is 311 g/mol. The first-order valence-electron chi connectivity index (χ1n) is 7.07. The Kier molecular flexibility index (Phi) is 5.49. The fourth-order valence-corrected chi connectivity index (χ4v) is 2.63. The van der Waals surface area contributed by atoms with E-state index in [4.69, 9.17) is 9.84 Å². The van der Waals surface area contributed by atoms with E-state index >= 15 is 0 Å². The molecule has 0 aliphatic carbocycles. The monoisotopic (exact) mass is 311 g/mol. The number of nitrogens with zero attached hydrogens (tertiary/aromatic N) is 1. The summed E-state index contributed by atoms with van der Waals surface area (Å²) in [5, 5.41) is 39.3. The number of aliphatic hydroxyl groups excluding tert-OH is 4. The highest BCUT2D eigenvalue weighted by Crippen LogP contribution is 2.25. The fraction of sp³-hybridized carbons (Fsp3) is 0.533. The molecule has 1 amide bonds. The Morgan fingerprint density at radius 2 is 1.82 bits per heavy atom. The van der Waals surface area contributed by atoms with Crippen molar-refractivity contribution in [3.05, 3.63) is 35.9 Å². The van der Waals surface area contributed by atoms with Crippen LogP contribution in [0.15, 0.2) is 30.3 Å². The van der Waals surface area contributed by atoms with Gasteiger partial charge in [-0.1, -0.05) is 30.3 Å². The number of aliphatic hydroxyl groups is 4. The molecule has 0 spiro atoms. The lowest BCUT2D eigenvalue weighted by atomic mass is 9.95. The largest absolute Gasteiger partial charge is 0.394 e. The summed E-state index contributed by atoms with van der Waals surface area (Å²) in [4.78, 5) is 13.2. The predicted molar refractivity (Wildman–Crippen MR) is 76.4 cm³/mol. The Morgan fingerprint density at radius 3 is 2.36 bits per heavy atom. The van der Waals surface area contributed by atoms with Crippen molar-refractivity contribution in [2.24, 2.45) is 0 Å². The molecule has 1 aromatic carbocycles. The fourth-order valence-electron chi connectivity index (χ4n) is 2.63. The van der Waals surface area contributed by atoms with Crippen LogP contribution in [0.3, 0.4) is 0 Å². The maximum Gasteiger partial charge on any atom is 0.220 e. The zero-order chi connectivity index (χ0) is 16.3. The topological polar surface area (TPSA) is 110 Å². The number of hydrogen-bond acceptors (Lipinski definition) is 6. The maximum atomic E-state index is 11.9. The van der Waals surface area contributed by atoms with E-state index in [9.17, 15) is 20.1 Å². The molecule has 0 aromatic heterocycles. The molecule has 7 nitrogen and oxygen atoms in total. The molecule has 1 aliphatic heterocycles. The first-order valence-corrected chi connectivity index (χ1v) is 7.07. The van der Waals surface area contributed by atoms with E-state index in [0.717, 1.165) is 5.56 Å². The van der Waals surface area contributed by atoms with Gasteiger partial charge in [0.15, 0.2) is 6.29 Å². The van der Waals surface area contributed by atoms with Gasteiger partial charge in [0, 0.05) is 13.5 Å². The van der Waals surface area contributed by atoms with Crippen LogP contribution >= 0.6 is 0 Å². The predicted octanol–water partition coefficient (Wildman–Crippen LogP) is -1.17. The van der Waals surface area contributed by atoms with Gasteiger partial charge >= 0.3 is 0 Å². The van der Waals surface area contributed by atoms with E-state index in [1.54, 1.807) is 0 Å². The quantitative estimate of drug-likeness (QED) is 0.558. The minimum absolute atomic E-state index is 0.162. The number of carbonyl (C=O) groups is 1. The van der Waals surface area contributed by atoms with E-state index in [-0.39, 0.29) is 12.5 Å². The molecular formula is C15H21NO6. The molecule has 7 heteroatoms. The molecule has 0 unspecified atom stereocenters. The summed E-state index contributed by atoms with van der Waals surface area (Å²) in [6.07, 6.45) is -5.40. The zero-order valence-electron chi connectivity index (χ0n) is 12.2. The van der Waals surface area contributed by atoms with Crippen LogP contribution in [0.4, 0.5) is 0 Å². The number of rotatable bonds is 4. The van der Waals surface area contributed by atoms with Gasteiger partial charge < -0.3 is 30.1 Å². The molecule has 5 atom stereocenters. The number of hydrogen-bond donors (Lipinski definition) is 4. The minimum Gasteiger partial charge on any atom is -0.394 e. The Labute approximate surface area is 128 Å². The van der Waals surface area contributed by atoms with Gasteiger partial charge in [-0.25, -0.2) is 0 Å². The van der Waals surface area contributed by atoms with Crippen molar-refractivity contribution in [1.82, 2.24) is 4.90 Å². The molecule has 0 bridgehead atoms. The van der Waals surface area contributed by atoms with E-state index in [0.29, 0.717) is 0 Å². The Bertz CT molecular complexity index is 496. The SMILES string of the molecule is CC(=O)N(Cc1ccccc1)[C@@H]1[C@@H](O)[C@@H](O)[C@@H](CO)O[C@@H]1O. The van der Waals surface area contributed by atoms with Crippen LogP contribution < -0.4 is 0 Å². The van der Waals surface area contributed by atoms with Crippen molar-refractivity contribution in [3.63, 3.8) is 0 Å². The molecule has 0 saturated carbocycles. The van der Waals surface area contributed by atoms with Crippen molar-refractivity contribution in [2.75, 3.05) is 6.61 Å². The lowest BCUT2D eigenvalue weighted by Gasteiger charge is -2.44. The van der Waals surface area contributed by atoms with E-state index in [2.05, 4.69) is 0 Å². The smallest absolute Gasteiger partial charge is 0.220 e. The van der Waals surface area contributed by atoms with Crippen molar-refractivity contribution >= 4 is 5.91 Å². The molecule has 22 heavy (non-hydrogen) atoms. The van der Waals surface area contributed by atoms with Crippen LogP contribution in [0.25, 0.3) is 0 Å². The molecule has 1 aromatic rings. The van der Waals surface area contributed by atoms with E-state index < -0.39 is 37.3 Å². The van der Waals surface area contributed by atoms with Crippen molar-refractivity contribution in [3.8, 4) is 0 Å². The lowest BCUT2D eigenvalue weighted by Crippen LogP contribution is -2.64. The number of benzene rings is 1. The Balaban J connectivity index is 2.22. The van der Waals surface area contributed by atoms with Crippen molar-refractivity contribution in [1.29, 1.82) is 0 Å². The third-order valence-electron chi connectivity index (χ3n) is 3.83. The van der Waals surface area contributed by atoms with Gasteiger partial charge in [0.2, 0.25) is 5.91 Å². The van der Waals surface area contributed by atoms with Gasteiger partial charge in [-0.15, -0.1) is 0 Å². The summed E-state index contributed by atoms with van der Waals surface area (Å²) in [6.45, 7) is 0.933. The molecule has 1 saturated heterocycles. The van der Waals surface area contributed by atoms with Crippen LogP contribution in [0.1, 0.15) is 12.5 Å². The van der Waals surface area contributed by atoms with Gasteiger partial charge in [0.05, 0.1) is 6.61 Å². The molecule has 2 rings (SSSR count). The summed E-state index contributed by atoms with van der Waals surface area (Å²) >= 11 is 0. The molecule has 1 fully saturated rings. The third kappa shape index (κ3) is 3.45. The summed E-state index contributed by atoms with van der Waals surface area (Å²) in [6, 6.07) is 7.97. The highest BCUT2D eigenvalue weighted by atomic mass is 16.6. The van der Waals surface area contributed by atoms with Crippen LogP contribution in [0.5, 0.6) is 0 Å². The number of carbonyl (C=O) groups excluding carboxylic acids is 1. The minimum atomic E-state index is -1.50.